The van der Waals surface area contributed by atoms with Gasteiger partial charge in [0.15, 0.2) is 0 Å². The lowest BCUT2D eigenvalue weighted by Gasteiger charge is -2.21. The number of rotatable bonds is 1. The molecule has 1 heteroatoms. The summed E-state index contributed by atoms with van der Waals surface area (Å²) in [6.45, 7) is 0. The topological polar surface area (TPSA) is 0 Å². The largest absolute Gasteiger partial charge is 0.0843 e. The molecule has 0 unspecified atom stereocenters. The maximum Gasteiger partial charge on any atom is 0.0406 e. The van der Waals surface area contributed by atoms with Crippen molar-refractivity contribution in [3.63, 3.8) is 0 Å². The van der Waals surface area contributed by atoms with E-state index in [1.807, 2.05) is 0 Å². The van der Waals surface area contributed by atoms with Gasteiger partial charge in [0.1, 0.15) is 0 Å². The fourth-order valence-corrected chi connectivity index (χ4v) is 1.14. The van der Waals surface area contributed by atoms with Crippen LogP contribution in [0.25, 0.3) is 0 Å². The molecule has 1 saturated carbocycles. The first-order valence-corrected chi connectivity index (χ1v) is 4.14. The van der Waals surface area contributed by atoms with Crippen molar-refractivity contribution < 1.29 is 15.1 Å². The first kappa shape index (κ1) is 2.76. The van der Waals surface area contributed by atoms with E-state index in [4.69, 9.17) is 26.7 Å². The van der Waals surface area contributed by atoms with E-state index in [9.17, 15) is 0 Å². The molecule has 1 aliphatic rings. The fourth-order valence-electron chi connectivity index (χ4n) is 1.01. The van der Waals surface area contributed by atoms with Gasteiger partial charge in [-0.15, -0.1) is 0 Å². The molecular formula is C12H15Cl. The quantitative estimate of drug-likeness (QED) is 0.638. The normalized spacial score (nSPS) is 53.2. The molecule has 0 heterocycles. The van der Waals surface area contributed by atoms with Gasteiger partial charge in [-0.1, -0.05) is 42.9 Å². The maximum atomic E-state index is 8.49. The molecule has 70 valence electrons. The van der Waals surface area contributed by atoms with Crippen molar-refractivity contribution >= 4 is 11.6 Å². The first-order valence-electron chi connectivity index (χ1n) is 9.26. The van der Waals surface area contributed by atoms with Crippen LogP contribution in [0, 0.1) is 0 Å². The molecular weight excluding hydrogens is 180 g/mol. The third-order valence-electron chi connectivity index (χ3n) is 1.63. The Morgan fingerprint density at radius 3 is 2.38 bits per heavy atom. The van der Waals surface area contributed by atoms with Crippen molar-refractivity contribution in [2.24, 2.45) is 0 Å². The van der Waals surface area contributed by atoms with E-state index < -0.39 is 37.8 Å². The van der Waals surface area contributed by atoms with E-state index in [1.54, 1.807) is 0 Å². The van der Waals surface area contributed by atoms with E-state index in [0.29, 0.717) is 0 Å². The smallest absolute Gasteiger partial charge is 0.0406 e. The van der Waals surface area contributed by atoms with Crippen molar-refractivity contribution in [2.45, 2.75) is 37.8 Å². The van der Waals surface area contributed by atoms with Gasteiger partial charge in [-0.2, -0.15) is 0 Å². The average molecular weight is 206 g/mol. The highest BCUT2D eigenvalue weighted by atomic mass is 35.5. The van der Waals surface area contributed by atoms with Gasteiger partial charge in [-0.25, -0.2) is 0 Å². The molecule has 1 aromatic carbocycles. The molecule has 13 heavy (non-hydrogen) atoms. The molecule has 0 radical (unpaired) electrons. The number of halogens is 1. The second kappa shape index (κ2) is 4.15. The second-order valence-electron chi connectivity index (χ2n) is 2.51. The summed E-state index contributed by atoms with van der Waals surface area (Å²) in [5.41, 5.74) is -0.329. The summed E-state index contributed by atoms with van der Waals surface area (Å²) in [6, 6.07) is 4.76. The van der Waals surface area contributed by atoms with Crippen LogP contribution < -0.4 is 0 Å². The summed E-state index contributed by atoms with van der Waals surface area (Å²) >= 11 is 5.74. The van der Waals surface area contributed by atoms with Crippen molar-refractivity contribution in [3.05, 3.63) is 34.9 Å². The van der Waals surface area contributed by atoms with Gasteiger partial charge in [-0.3, -0.25) is 0 Å². The standard InChI is InChI=1S/C12H15Cl/c13-12-8-6-11(7-9-12)10-4-2-1-3-5-10/h6-10H,1-5H2/i1D2,2D2,3D2,4D2,5D2,10D. The SMILES string of the molecule is [2H]C1([2H])C([2H])([2H])C([2H])([2H])C([2H])(c2ccc(Cl)cc2)C([2H])([2H])C1([2H])[2H]. The van der Waals surface area contributed by atoms with Gasteiger partial charge in [0.25, 0.3) is 0 Å². The highest BCUT2D eigenvalue weighted by Crippen LogP contribution is 2.32. The van der Waals surface area contributed by atoms with Crippen molar-refractivity contribution in [1.29, 1.82) is 0 Å². The molecule has 0 saturated heterocycles. The number of hydrogen-bond acceptors (Lipinski definition) is 0. The van der Waals surface area contributed by atoms with Crippen LogP contribution in [0.5, 0.6) is 0 Å². The van der Waals surface area contributed by atoms with Gasteiger partial charge >= 0.3 is 0 Å². The zero-order valence-corrected chi connectivity index (χ0v) is 7.44. The Morgan fingerprint density at radius 2 is 1.77 bits per heavy atom. The molecule has 1 aromatic rings. The highest BCUT2D eigenvalue weighted by Gasteiger charge is 2.14. The van der Waals surface area contributed by atoms with Crippen molar-refractivity contribution in [2.75, 3.05) is 0 Å². The summed E-state index contributed by atoms with van der Waals surface area (Å²) in [4.78, 5) is 0. The minimum absolute atomic E-state index is 0.223. The zero-order valence-electron chi connectivity index (χ0n) is 17.7. The molecule has 0 aromatic heterocycles. The maximum absolute atomic E-state index is 8.49. The summed E-state index contributed by atoms with van der Waals surface area (Å²) < 4.78 is 87.8. The van der Waals surface area contributed by atoms with Crippen LogP contribution in [0.15, 0.2) is 24.3 Å². The monoisotopic (exact) mass is 205 g/mol. The Hall–Kier alpha value is -0.490. The first-order chi connectivity index (χ1) is 10.5. The van der Waals surface area contributed by atoms with Gasteiger partial charge in [-0.05, 0) is 36.3 Å². The van der Waals surface area contributed by atoms with Gasteiger partial charge in [0.05, 0.1) is 0 Å². The minimum Gasteiger partial charge on any atom is -0.0843 e. The zero-order chi connectivity index (χ0) is 19.0. The molecule has 0 spiro atoms. The highest BCUT2D eigenvalue weighted by molar-refractivity contribution is 6.30. The summed E-state index contributed by atoms with van der Waals surface area (Å²) in [7, 11) is 0. The summed E-state index contributed by atoms with van der Waals surface area (Å²) in [5.74, 6) is -3.05. The predicted octanol–water partition coefficient (Wildman–Crippen LogP) is 4.39. The van der Waals surface area contributed by atoms with Crippen LogP contribution in [-0.4, -0.2) is 0 Å². The lowest BCUT2D eigenvalue weighted by Crippen LogP contribution is -2.03. The Balaban J connectivity index is 2.90. The van der Waals surface area contributed by atoms with Crippen LogP contribution in [-0.2, 0) is 0 Å². The molecule has 1 aliphatic carbocycles. The fraction of sp³-hybridized carbons (Fsp3) is 0.500. The molecule has 0 nitrogen and oxygen atoms in total. The Morgan fingerprint density at radius 1 is 1.15 bits per heavy atom. The summed E-state index contributed by atoms with van der Waals surface area (Å²) in [6.07, 6.45) is -17.2. The van der Waals surface area contributed by atoms with E-state index in [-0.39, 0.29) is 10.6 Å². The van der Waals surface area contributed by atoms with Crippen LogP contribution in [0.4, 0.5) is 0 Å². The lowest BCUT2D eigenvalue weighted by molar-refractivity contribution is 0.443. The van der Waals surface area contributed by atoms with Gasteiger partial charge in [0, 0.05) is 20.1 Å². The third kappa shape index (κ3) is 2.25. The molecule has 0 aliphatic heterocycles. The molecule has 0 amide bonds. The average Bonchev–Trinajstić information content (AvgIpc) is 2.45. The van der Waals surface area contributed by atoms with E-state index in [0.717, 1.165) is 12.1 Å². The predicted molar refractivity (Wildman–Crippen MR) is 57.3 cm³/mol. The van der Waals surface area contributed by atoms with Crippen LogP contribution in [0.1, 0.15) is 58.4 Å². The lowest BCUT2D eigenvalue weighted by atomic mass is 9.84. The summed E-state index contributed by atoms with van der Waals surface area (Å²) in [5, 5.41) is 0.223. The van der Waals surface area contributed by atoms with E-state index in [1.165, 1.54) is 12.1 Å². The van der Waals surface area contributed by atoms with Crippen LogP contribution in [0.3, 0.4) is 0 Å². The van der Waals surface area contributed by atoms with Crippen molar-refractivity contribution in [3.8, 4) is 0 Å². The van der Waals surface area contributed by atoms with E-state index >= 15 is 0 Å². The second-order valence-corrected chi connectivity index (χ2v) is 2.94. The molecule has 0 bridgehead atoms. The Kier molecular flexibility index (Phi) is 0.880. The molecule has 0 atom stereocenters. The number of hydrogen-bond donors (Lipinski definition) is 0. The Labute approximate surface area is 100 Å². The molecule has 1 fully saturated rings. The van der Waals surface area contributed by atoms with Crippen molar-refractivity contribution in [1.82, 2.24) is 0 Å². The minimum atomic E-state index is -3.51. The van der Waals surface area contributed by atoms with Crippen LogP contribution >= 0.6 is 11.6 Å². The number of benzene rings is 1. The Bertz CT molecular complexity index is 619. The van der Waals surface area contributed by atoms with E-state index in [2.05, 4.69) is 0 Å². The van der Waals surface area contributed by atoms with Crippen LogP contribution in [0.2, 0.25) is 5.02 Å². The van der Waals surface area contributed by atoms with Gasteiger partial charge in [0.2, 0.25) is 0 Å². The third-order valence-corrected chi connectivity index (χ3v) is 1.88. The van der Waals surface area contributed by atoms with Gasteiger partial charge < -0.3 is 0 Å². The molecule has 2 rings (SSSR count). The molecule has 0 N–H and O–H groups in total.